The number of carbonyl (C=O) groups excluding carboxylic acids is 2. The number of nitrogens with zero attached hydrogens (tertiary/aromatic N) is 1. The molecule has 0 spiro atoms. The number of ether oxygens (including phenoxy) is 1. The van der Waals surface area contributed by atoms with E-state index in [1.54, 1.807) is 0 Å². The van der Waals surface area contributed by atoms with Gasteiger partial charge in [-0.15, -0.1) is 0 Å². The second-order valence-corrected chi connectivity index (χ2v) is 6.10. The lowest BCUT2D eigenvalue weighted by molar-refractivity contribution is -0.120. The second-order valence-electron chi connectivity index (χ2n) is 6.10. The van der Waals surface area contributed by atoms with E-state index in [2.05, 4.69) is 0 Å². The van der Waals surface area contributed by atoms with E-state index >= 15 is 0 Å². The van der Waals surface area contributed by atoms with Crippen LogP contribution in [-0.4, -0.2) is 24.5 Å². The van der Waals surface area contributed by atoms with E-state index < -0.39 is 5.91 Å². The number of hydrogen-bond donors (Lipinski definition) is 1. The molecular formula is C17H22N2O3. The Kier molecular flexibility index (Phi) is 4.32. The number of aryl methyl sites for hydroxylation is 1. The second kappa shape index (κ2) is 6.38. The summed E-state index contributed by atoms with van der Waals surface area (Å²) in [5, 5.41) is 0. The third-order valence-corrected chi connectivity index (χ3v) is 4.51. The lowest BCUT2D eigenvalue weighted by Crippen LogP contribution is -2.44. The Morgan fingerprint density at radius 2 is 2.00 bits per heavy atom. The number of carbonyl (C=O) groups is 2. The van der Waals surface area contributed by atoms with Crippen LogP contribution in [0.5, 0.6) is 5.75 Å². The first-order valence-electron chi connectivity index (χ1n) is 8.01. The summed E-state index contributed by atoms with van der Waals surface area (Å²) in [6.07, 6.45) is 7.10. The Hall–Kier alpha value is -2.04. The fourth-order valence-electron chi connectivity index (χ4n) is 3.46. The normalized spacial score (nSPS) is 18.9. The van der Waals surface area contributed by atoms with Crippen LogP contribution in [0.2, 0.25) is 0 Å². The van der Waals surface area contributed by atoms with E-state index in [1.807, 2.05) is 23.1 Å². The number of anilines is 1. The van der Waals surface area contributed by atoms with Crippen molar-refractivity contribution in [3.63, 3.8) is 0 Å². The van der Waals surface area contributed by atoms with Crippen molar-refractivity contribution in [2.45, 2.75) is 51.0 Å². The number of rotatable bonds is 4. The largest absolute Gasteiger partial charge is 0.484 e. The van der Waals surface area contributed by atoms with Crippen molar-refractivity contribution in [1.82, 2.24) is 0 Å². The first-order chi connectivity index (χ1) is 10.6. The van der Waals surface area contributed by atoms with Gasteiger partial charge in [-0.2, -0.15) is 0 Å². The van der Waals surface area contributed by atoms with Gasteiger partial charge >= 0.3 is 0 Å². The van der Waals surface area contributed by atoms with Gasteiger partial charge in [0.1, 0.15) is 5.75 Å². The van der Waals surface area contributed by atoms with Gasteiger partial charge in [0.25, 0.3) is 5.91 Å². The minimum atomic E-state index is -0.502. The summed E-state index contributed by atoms with van der Waals surface area (Å²) in [4.78, 5) is 25.3. The molecule has 118 valence electrons. The highest BCUT2D eigenvalue weighted by Crippen LogP contribution is 2.36. The Morgan fingerprint density at radius 3 is 2.73 bits per heavy atom. The van der Waals surface area contributed by atoms with Crippen molar-refractivity contribution in [1.29, 1.82) is 0 Å². The highest BCUT2D eigenvalue weighted by Gasteiger charge is 2.31. The zero-order valence-electron chi connectivity index (χ0n) is 12.7. The SMILES string of the molecule is NC(=O)COc1ccc2c(c1)N(C1CCCCC1)C(=O)CC2. The summed E-state index contributed by atoms with van der Waals surface area (Å²) >= 11 is 0. The van der Waals surface area contributed by atoms with Crippen molar-refractivity contribution in [3.05, 3.63) is 23.8 Å². The molecule has 1 heterocycles. The van der Waals surface area contributed by atoms with Gasteiger partial charge in [-0.05, 0) is 30.9 Å². The summed E-state index contributed by atoms with van der Waals surface area (Å²) in [7, 11) is 0. The van der Waals surface area contributed by atoms with Crippen molar-refractivity contribution in [2.24, 2.45) is 5.73 Å². The fourth-order valence-corrected chi connectivity index (χ4v) is 3.46. The lowest BCUT2D eigenvalue weighted by Gasteiger charge is -2.38. The maximum absolute atomic E-state index is 12.4. The fraction of sp³-hybridized carbons (Fsp3) is 0.529. The van der Waals surface area contributed by atoms with Gasteiger partial charge in [0.05, 0.1) is 5.69 Å². The number of benzene rings is 1. The van der Waals surface area contributed by atoms with Crippen LogP contribution in [0.15, 0.2) is 18.2 Å². The minimum Gasteiger partial charge on any atom is -0.484 e. The summed E-state index contributed by atoms with van der Waals surface area (Å²) in [5.74, 6) is 0.289. The predicted molar refractivity (Wildman–Crippen MR) is 83.8 cm³/mol. The van der Waals surface area contributed by atoms with E-state index in [0.29, 0.717) is 18.2 Å². The molecule has 1 aromatic rings. The number of amides is 2. The van der Waals surface area contributed by atoms with Crippen LogP contribution >= 0.6 is 0 Å². The molecule has 2 amide bonds. The van der Waals surface area contributed by atoms with Gasteiger partial charge in [-0.1, -0.05) is 25.3 Å². The van der Waals surface area contributed by atoms with Crippen molar-refractivity contribution < 1.29 is 14.3 Å². The maximum Gasteiger partial charge on any atom is 0.255 e. The molecular weight excluding hydrogens is 280 g/mol. The smallest absolute Gasteiger partial charge is 0.255 e. The van der Waals surface area contributed by atoms with Crippen LogP contribution in [0.1, 0.15) is 44.1 Å². The standard InChI is InChI=1S/C17H22N2O3/c18-16(20)11-22-14-8-6-12-7-9-17(21)19(15(12)10-14)13-4-2-1-3-5-13/h6,8,10,13H,1-5,7,9,11H2,(H2,18,20). The Morgan fingerprint density at radius 1 is 1.23 bits per heavy atom. The van der Waals surface area contributed by atoms with Crippen LogP contribution in [0.4, 0.5) is 5.69 Å². The molecule has 1 saturated carbocycles. The van der Waals surface area contributed by atoms with E-state index in [1.165, 1.54) is 24.8 Å². The Balaban J connectivity index is 1.87. The van der Waals surface area contributed by atoms with E-state index in [-0.39, 0.29) is 12.5 Å². The summed E-state index contributed by atoms with van der Waals surface area (Å²) in [5.41, 5.74) is 7.24. The van der Waals surface area contributed by atoms with Crippen LogP contribution in [0, 0.1) is 0 Å². The molecule has 5 nitrogen and oxygen atoms in total. The zero-order valence-corrected chi connectivity index (χ0v) is 12.7. The molecule has 0 atom stereocenters. The molecule has 0 saturated heterocycles. The Bertz CT molecular complexity index is 579. The number of nitrogens with two attached hydrogens (primary N) is 1. The molecule has 1 aromatic carbocycles. The summed E-state index contributed by atoms with van der Waals surface area (Å²) < 4.78 is 5.39. The monoisotopic (exact) mass is 302 g/mol. The maximum atomic E-state index is 12.4. The minimum absolute atomic E-state index is 0.143. The van der Waals surface area contributed by atoms with Crippen LogP contribution < -0.4 is 15.4 Å². The van der Waals surface area contributed by atoms with Gasteiger partial charge in [0.15, 0.2) is 6.61 Å². The van der Waals surface area contributed by atoms with E-state index in [9.17, 15) is 9.59 Å². The molecule has 0 radical (unpaired) electrons. The van der Waals surface area contributed by atoms with Gasteiger partial charge < -0.3 is 15.4 Å². The molecule has 2 N–H and O–H groups in total. The van der Waals surface area contributed by atoms with Crippen LogP contribution in [0.3, 0.4) is 0 Å². The number of hydrogen-bond acceptors (Lipinski definition) is 3. The van der Waals surface area contributed by atoms with Gasteiger partial charge in [-0.3, -0.25) is 9.59 Å². The first-order valence-corrected chi connectivity index (χ1v) is 8.01. The summed E-state index contributed by atoms with van der Waals surface area (Å²) in [6.45, 7) is -0.143. The number of fused-ring (bicyclic) bond motifs is 1. The highest BCUT2D eigenvalue weighted by atomic mass is 16.5. The van der Waals surface area contributed by atoms with Gasteiger partial charge in [-0.25, -0.2) is 0 Å². The van der Waals surface area contributed by atoms with Gasteiger partial charge in [0.2, 0.25) is 5.91 Å². The molecule has 0 aromatic heterocycles. The molecule has 1 aliphatic carbocycles. The molecule has 3 rings (SSSR count). The zero-order chi connectivity index (χ0) is 15.5. The van der Waals surface area contributed by atoms with Crippen molar-refractivity contribution in [3.8, 4) is 5.75 Å². The van der Waals surface area contributed by atoms with Crippen LogP contribution in [0.25, 0.3) is 0 Å². The van der Waals surface area contributed by atoms with Crippen LogP contribution in [-0.2, 0) is 16.0 Å². The molecule has 0 unspecified atom stereocenters. The predicted octanol–water partition coefficient (Wildman–Crippen LogP) is 2.16. The molecule has 22 heavy (non-hydrogen) atoms. The third kappa shape index (κ3) is 3.08. The first kappa shape index (κ1) is 14.9. The Labute approximate surface area is 130 Å². The quantitative estimate of drug-likeness (QED) is 0.926. The van der Waals surface area contributed by atoms with E-state index in [4.69, 9.17) is 10.5 Å². The van der Waals surface area contributed by atoms with E-state index in [0.717, 1.165) is 24.9 Å². The average molecular weight is 302 g/mol. The molecule has 0 bridgehead atoms. The summed E-state index contributed by atoms with van der Waals surface area (Å²) in [6, 6.07) is 6.01. The molecule has 1 fully saturated rings. The number of primary amides is 1. The van der Waals surface area contributed by atoms with Crippen molar-refractivity contribution in [2.75, 3.05) is 11.5 Å². The van der Waals surface area contributed by atoms with Crippen molar-refractivity contribution >= 4 is 17.5 Å². The van der Waals surface area contributed by atoms with Gasteiger partial charge in [0, 0.05) is 18.5 Å². The topological polar surface area (TPSA) is 72.6 Å². The lowest BCUT2D eigenvalue weighted by atomic mass is 9.91. The highest BCUT2D eigenvalue weighted by molar-refractivity contribution is 5.97. The third-order valence-electron chi connectivity index (χ3n) is 4.51. The molecule has 2 aliphatic rings. The molecule has 5 heteroatoms. The average Bonchev–Trinajstić information content (AvgIpc) is 2.53. The molecule has 1 aliphatic heterocycles.